The Morgan fingerprint density at radius 2 is 2.00 bits per heavy atom. The van der Waals surface area contributed by atoms with E-state index in [9.17, 15) is 4.79 Å². The third-order valence-electron chi connectivity index (χ3n) is 5.60. The predicted octanol–water partition coefficient (Wildman–Crippen LogP) is 4.76. The second-order valence-electron chi connectivity index (χ2n) is 6.97. The molecule has 0 fully saturated rings. The fraction of sp³-hybridized carbons (Fsp3) is 0.400. The van der Waals surface area contributed by atoms with E-state index in [0.29, 0.717) is 11.7 Å². The van der Waals surface area contributed by atoms with Gasteiger partial charge in [0, 0.05) is 17.2 Å². The first-order valence-corrected chi connectivity index (χ1v) is 9.53. The maximum atomic E-state index is 13.3. The van der Waals surface area contributed by atoms with Gasteiger partial charge in [-0.25, -0.2) is 4.98 Å². The molecule has 0 amide bonds. The van der Waals surface area contributed by atoms with E-state index in [4.69, 9.17) is 0 Å². The highest BCUT2D eigenvalue weighted by molar-refractivity contribution is 7.10. The van der Waals surface area contributed by atoms with Crippen LogP contribution in [0.3, 0.4) is 0 Å². The van der Waals surface area contributed by atoms with Crippen molar-refractivity contribution in [1.82, 2.24) is 4.98 Å². The SMILES string of the molecule is CC[C@@]1(c2ccccc2)C2=C(Nc3ncsc31)C(C)CC(C)C2=O. The first-order valence-electron chi connectivity index (χ1n) is 8.65. The highest BCUT2D eigenvalue weighted by atomic mass is 32.1. The summed E-state index contributed by atoms with van der Waals surface area (Å²) in [4.78, 5) is 19.0. The lowest BCUT2D eigenvalue weighted by atomic mass is 9.62. The van der Waals surface area contributed by atoms with Crippen LogP contribution in [0.15, 0.2) is 47.1 Å². The van der Waals surface area contributed by atoms with E-state index < -0.39 is 0 Å². The smallest absolute Gasteiger partial charge is 0.164 e. The van der Waals surface area contributed by atoms with E-state index in [1.807, 2.05) is 11.6 Å². The topological polar surface area (TPSA) is 42.0 Å². The van der Waals surface area contributed by atoms with Gasteiger partial charge in [-0.3, -0.25) is 4.79 Å². The molecule has 1 aromatic heterocycles. The molecule has 1 aliphatic carbocycles. The van der Waals surface area contributed by atoms with Crippen LogP contribution in [-0.4, -0.2) is 10.8 Å². The van der Waals surface area contributed by atoms with Crippen molar-refractivity contribution in [1.29, 1.82) is 0 Å². The van der Waals surface area contributed by atoms with Gasteiger partial charge >= 0.3 is 0 Å². The number of nitrogens with one attached hydrogen (secondary N) is 1. The number of Topliss-reactive ketones (excluding diaryl/α,β-unsaturated/α-hetero) is 1. The number of nitrogens with zero attached hydrogens (tertiary/aromatic N) is 1. The van der Waals surface area contributed by atoms with Gasteiger partial charge in [0.1, 0.15) is 5.82 Å². The summed E-state index contributed by atoms with van der Waals surface area (Å²) in [5.41, 5.74) is 4.77. The average molecular weight is 338 g/mol. The second-order valence-corrected chi connectivity index (χ2v) is 7.83. The van der Waals surface area contributed by atoms with Gasteiger partial charge in [-0.1, -0.05) is 51.1 Å². The lowest BCUT2D eigenvalue weighted by Crippen LogP contribution is -2.44. The predicted molar refractivity (Wildman–Crippen MR) is 98.2 cm³/mol. The number of fused-ring (bicyclic) bond motifs is 1. The minimum Gasteiger partial charge on any atom is -0.342 e. The molecule has 1 aromatic carbocycles. The lowest BCUT2D eigenvalue weighted by molar-refractivity contribution is -0.120. The Morgan fingerprint density at radius 3 is 2.71 bits per heavy atom. The number of ketones is 1. The highest BCUT2D eigenvalue weighted by Gasteiger charge is 2.50. The molecule has 1 aliphatic heterocycles. The number of allylic oxidation sites excluding steroid dienone is 2. The molecule has 24 heavy (non-hydrogen) atoms. The van der Waals surface area contributed by atoms with Crippen LogP contribution in [0.2, 0.25) is 0 Å². The standard InChI is InChI=1S/C20H22N2OS/c1-4-20(14-8-6-5-7-9-14)15-16(12(2)10-13(3)17(15)23)22-19-18(20)24-11-21-19/h5-9,11-13,22H,4,10H2,1-3H3/t12?,13?,20-/m1/s1. The maximum absolute atomic E-state index is 13.3. The third kappa shape index (κ3) is 1.95. The molecular weight excluding hydrogens is 316 g/mol. The summed E-state index contributed by atoms with van der Waals surface area (Å²) in [7, 11) is 0. The van der Waals surface area contributed by atoms with Crippen molar-refractivity contribution in [2.45, 2.75) is 39.0 Å². The Kier molecular flexibility index (Phi) is 3.61. The molecule has 2 unspecified atom stereocenters. The fourth-order valence-electron chi connectivity index (χ4n) is 4.43. The van der Waals surface area contributed by atoms with E-state index in [1.54, 1.807) is 11.3 Å². The number of carbonyl (C=O) groups is 1. The first kappa shape index (κ1) is 15.6. The number of hydrogen-bond donors (Lipinski definition) is 1. The maximum Gasteiger partial charge on any atom is 0.164 e. The van der Waals surface area contributed by atoms with Crippen LogP contribution in [-0.2, 0) is 10.2 Å². The van der Waals surface area contributed by atoms with Gasteiger partial charge in [0.05, 0.1) is 15.8 Å². The molecule has 1 N–H and O–H groups in total. The molecule has 2 aliphatic rings. The lowest BCUT2D eigenvalue weighted by Gasteiger charge is -2.44. The van der Waals surface area contributed by atoms with Crippen LogP contribution in [0.4, 0.5) is 5.82 Å². The second kappa shape index (κ2) is 5.55. The van der Waals surface area contributed by atoms with Gasteiger partial charge in [0.15, 0.2) is 5.78 Å². The van der Waals surface area contributed by atoms with Crippen molar-refractivity contribution in [3.63, 3.8) is 0 Å². The Balaban J connectivity index is 2.07. The molecule has 4 rings (SSSR count). The Morgan fingerprint density at radius 1 is 1.25 bits per heavy atom. The number of hydrogen-bond acceptors (Lipinski definition) is 4. The number of aromatic nitrogens is 1. The fourth-order valence-corrected chi connectivity index (χ4v) is 5.47. The zero-order valence-electron chi connectivity index (χ0n) is 14.3. The molecule has 2 heterocycles. The van der Waals surface area contributed by atoms with Gasteiger partial charge in [-0.05, 0) is 24.3 Å². The molecule has 2 aromatic rings. The molecule has 0 saturated carbocycles. The highest BCUT2D eigenvalue weighted by Crippen LogP contribution is 2.54. The van der Waals surface area contributed by atoms with Crippen molar-refractivity contribution in [2.75, 3.05) is 5.32 Å². The summed E-state index contributed by atoms with van der Waals surface area (Å²) >= 11 is 1.65. The quantitative estimate of drug-likeness (QED) is 0.858. The van der Waals surface area contributed by atoms with E-state index in [2.05, 4.69) is 55.3 Å². The molecule has 3 nitrogen and oxygen atoms in total. The van der Waals surface area contributed by atoms with E-state index in [0.717, 1.165) is 29.9 Å². The zero-order chi connectivity index (χ0) is 16.9. The van der Waals surface area contributed by atoms with Gasteiger partial charge in [-0.15, -0.1) is 11.3 Å². The van der Waals surface area contributed by atoms with Crippen LogP contribution in [0.1, 0.15) is 44.1 Å². The monoisotopic (exact) mass is 338 g/mol. The summed E-state index contributed by atoms with van der Waals surface area (Å²) in [6.45, 7) is 6.47. The minimum absolute atomic E-state index is 0.0738. The largest absolute Gasteiger partial charge is 0.342 e. The number of benzene rings is 1. The third-order valence-corrected chi connectivity index (χ3v) is 6.58. The van der Waals surface area contributed by atoms with Crippen molar-refractivity contribution in [3.05, 3.63) is 57.6 Å². The Hall–Kier alpha value is -1.94. The normalized spacial score (nSPS) is 29.0. The van der Waals surface area contributed by atoms with Crippen LogP contribution in [0.5, 0.6) is 0 Å². The van der Waals surface area contributed by atoms with Gasteiger partial charge < -0.3 is 5.32 Å². The minimum atomic E-state index is -0.377. The van der Waals surface area contributed by atoms with E-state index >= 15 is 0 Å². The molecule has 0 saturated heterocycles. The van der Waals surface area contributed by atoms with Crippen molar-refractivity contribution >= 4 is 22.9 Å². The van der Waals surface area contributed by atoms with Crippen LogP contribution in [0.25, 0.3) is 0 Å². The summed E-state index contributed by atoms with van der Waals surface area (Å²) in [6, 6.07) is 10.5. The van der Waals surface area contributed by atoms with Crippen molar-refractivity contribution in [3.8, 4) is 0 Å². The van der Waals surface area contributed by atoms with Crippen molar-refractivity contribution < 1.29 is 4.79 Å². The zero-order valence-corrected chi connectivity index (χ0v) is 15.1. The van der Waals surface area contributed by atoms with Gasteiger partial charge in [-0.2, -0.15) is 0 Å². The molecule has 0 bridgehead atoms. The number of carbonyl (C=O) groups excluding carboxylic acids is 1. The van der Waals surface area contributed by atoms with Gasteiger partial charge in [0.2, 0.25) is 0 Å². The van der Waals surface area contributed by atoms with E-state index in [-0.39, 0.29) is 11.3 Å². The van der Waals surface area contributed by atoms with E-state index in [1.165, 1.54) is 10.4 Å². The first-order chi connectivity index (χ1) is 11.6. The molecular formula is C20H22N2OS. The molecule has 124 valence electrons. The Bertz CT molecular complexity index is 823. The number of rotatable bonds is 2. The molecule has 0 spiro atoms. The van der Waals surface area contributed by atoms with Crippen LogP contribution in [0, 0.1) is 11.8 Å². The van der Waals surface area contributed by atoms with Crippen LogP contribution < -0.4 is 5.32 Å². The summed E-state index contributed by atoms with van der Waals surface area (Å²) in [5, 5.41) is 3.50. The molecule has 4 heteroatoms. The summed E-state index contributed by atoms with van der Waals surface area (Å²) in [6.07, 6.45) is 1.76. The van der Waals surface area contributed by atoms with Gasteiger partial charge in [0.25, 0.3) is 0 Å². The molecule has 0 radical (unpaired) electrons. The molecule has 3 atom stereocenters. The number of anilines is 1. The Labute approximate surface area is 146 Å². The number of thiazole rings is 1. The van der Waals surface area contributed by atoms with Crippen LogP contribution >= 0.6 is 11.3 Å². The average Bonchev–Trinajstić information content (AvgIpc) is 3.07. The summed E-state index contributed by atoms with van der Waals surface area (Å²) in [5.74, 6) is 1.64. The summed E-state index contributed by atoms with van der Waals surface area (Å²) < 4.78 is 0. The van der Waals surface area contributed by atoms with Crippen molar-refractivity contribution in [2.24, 2.45) is 11.8 Å².